The molecule has 2 N–H and O–H groups in total. The minimum absolute atomic E-state index is 0.122. The lowest BCUT2D eigenvalue weighted by molar-refractivity contribution is 0.794. The summed E-state index contributed by atoms with van der Waals surface area (Å²) in [6, 6.07) is 6.56. The molecule has 0 heterocycles. The maximum absolute atomic E-state index is 6.01. The van der Waals surface area contributed by atoms with E-state index in [1.807, 2.05) is 11.8 Å². The van der Waals surface area contributed by atoms with Gasteiger partial charge in [-0.25, -0.2) is 0 Å². The monoisotopic (exact) mass is 299 g/mol. The van der Waals surface area contributed by atoms with E-state index in [4.69, 9.17) is 5.73 Å². The molecule has 0 saturated heterocycles. The number of rotatable bonds is 3. The molecule has 1 fully saturated rings. The maximum atomic E-state index is 6.01. The topological polar surface area (TPSA) is 26.0 Å². The van der Waals surface area contributed by atoms with Crippen LogP contribution >= 0.6 is 27.7 Å². The molecule has 3 heteroatoms. The first-order valence-electron chi connectivity index (χ1n) is 5.88. The minimum atomic E-state index is 0.122. The van der Waals surface area contributed by atoms with Gasteiger partial charge in [0.2, 0.25) is 0 Å². The van der Waals surface area contributed by atoms with E-state index in [2.05, 4.69) is 41.1 Å². The third-order valence-corrected chi connectivity index (χ3v) is 4.97. The normalized spacial score (nSPS) is 18.9. The number of nitrogens with two attached hydrogens (primary N) is 1. The molecular formula is C13H18BrNS. The van der Waals surface area contributed by atoms with Crippen molar-refractivity contribution in [3.05, 3.63) is 28.2 Å². The van der Waals surface area contributed by atoms with Crippen molar-refractivity contribution in [2.75, 3.05) is 0 Å². The van der Waals surface area contributed by atoms with E-state index in [-0.39, 0.29) is 6.04 Å². The quantitative estimate of drug-likeness (QED) is 0.889. The van der Waals surface area contributed by atoms with Crippen LogP contribution in [0.3, 0.4) is 0 Å². The molecule has 1 nitrogen and oxygen atoms in total. The summed E-state index contributed by atoms with van der Waals surface area (Å²) in [7, 11) is 0. The lowest BCUT2D eigenvalue weighted by Crippen LogP contribution is -2.07. The van der Waals surface area contributed by atoms with Crippen molar-refractivity contribution in [3.8, 4) is 0 Å². The van der Waals surface area contributed by atoms with Crippen molar-refractivity contribution in [1.82, 2.24) is 0 Å². The van der Waals surface area contributed by atoms with Crippen LogP contribution in [0.25, 0.3) is 0 Å². The second-order valence-corrected chi connectivity index (χ2v) is 6.75. The Kier molecular flexibility index (Phi) is 4.34. The highest BCUT2D eigenvalue weighted by Crippen LogP contribution is 2.38. The Morgan fingerprint density at radius 1 is 1.38 bits per heavy atom. The number of hydrogen-bond acceptors (Lipinski definition) is 2. The van der Waals surface area contributed by atoms with Gasteiger partial charge in [0.15, 0.2) is 0 Å². The third-order valence-electron chi connectivity index (χ3n) is 3.06. The molecular weight excluding hydrogens is 282 g/mol. The first-order valence-corrected chi connectivity index (χ1v) is 7.56. The molecule has 1 aliphatic rings. The standard InChI is InChI=1S/C13H18BrNS/c1-9(15)12-7-6-10(14)8-13(12)16-11-4-2-3-5-11/h6-9,11H,2-5,15H2,1H3. The second-order valence-electron chi connectivity index (χ2n) is 4.50. The molecule has 16 heavy (non-hydrogen) atoms. The van der Waals surface area contributed by atoms with Gasteiger partial charge in [-0.15, -0.1) is 11.8 Å². The van der Waals surface area contributed by atoms with Gasteiger partial charge in [0.05, 0.1) is 0 Å². The van der Waals surface area contributed by atoms with Crippen LogP contribution in [0.4, 0.5) is 0 Å². The molecule has 0 amide bonds. The Labute approximate surface area is 110 Å². The number of thioether (sulfide) groups is 1. The fourth-order valence-corrected chi connectivity index (χ4v) is 4.20. The van der Waals surface area contributed by atoms with Gasteiger partial charge in [-0.1, -0.05) is 34.8 Å². The highest BCUT2D eigenvalue weighted by atomic mass is 79.9. The Morgan fingerprint density at radius 2 is 2.06 bits per heavy atom. The predicted molar refractivity (Wildman–Crippen MR) is 74.9 cm³/mol. The van der Waals surface area contributed by atoms with E-state index < -0.39 is 0 Å². The first-order chi connectivity index (χ1) is 7.66. The largest absolute Gasteiger partial charge is 0.324 e. The van der Waals surface area contributed by atoms with Crippen LogP contribution in [-0.2, 0) is 0 Å². The highest BCUT2D eigenvalue weighted by molar-refractivity contribution is 9.10. The molecule has 1 saturated carbocycles. The van der Waals surface area contributed by atoms with Gasteiger partial charge in [-0.3, -0.25) is 0 Å². The first kappa shape index (κ1) is 12.5. The zero-order valence-electron chi connectivity index (χ0n) is 9.58. The average Bonchev–Trinajstić information content (AvgIpc) is 2.70. The molecule has 0 aliphatic heterocycles. The third kappa shape index (κ3) is 3.02. The Balaban J connectivity index is 2.19. The van der Waals surface area contributed by atoms with E-state index >= 15 is 0 Å². The molecule has 0 aromatic heterocycles. The van der Waals surface area contributed by atoms with Gasteiger partial charge in [0.25, 0.3) is 0 Å². The van der Waals surface area contributed by atoms with Crippen LogP contribution in [0.5, 0.6) is 0 Å². The van der Waals surface area contributed by atoms with Crippen molar-refractivity contribution in [2.24, 2.45) is 5.73 Å². The minimum Gasteiger partial charge on any atom is -0.324 e. The van der Waals surface area contributed by atoms with Crippen molar-refractivity contribution in [1.29, 1.82) is 0 Å². The van der Waals surface area contributed by atoms with Crippen molar-refractivity contribution in [2.45, 2.75) is 48.8 Å². The van der Waals surface area contributed by atoms with Gasteiger partial charge < -0.3 is 5.73 Å². The van der Waals surface area contributed by atoms with Gasteiger partial charge in [-0.2, -0.15) is 0 Å². The molecule has 2 rings (SSSR count). The summed E-state index contributed by atoms with van der Waals surface area (Å²) in [5, 5.41) is 0.798. The highest BCUT2D eigenvalue weighted by Gasteiger charge is 2.18. The van der Waals surface area contributed by atoms with E-state index in [0.717, 1.165) is 9.72 Å². The van der Waals surface area contributed by atoms with Gasteiger partial charge in [0, 0.05) is 20.7 Å². The average molecular weight is 300 g/mol. The maximum Gasteiger partial charge on any atom is 0.0277 e. The second kappa shape index (κ2) is 5.56. The SMILES string of the molecule is CC(N)c1ccc(Br)cc1SC1CCCC1. The number of hydrogen-bond donors (Lipinski definition) is 1. The van der Waals surface area contributed by atoms with E-state index in [9.17, 15) is 0 Å². The summed E-state index contributed by atoms with van der Waals surface area (Å²) in [5.74, 6) is 0. The Bertz CT molecular complexity index is 359. The zero-order valence-corrected chi connectivity index (χ0v) is 12.0. The fourth-order valence-electron chi connectivity index (χ4n) is 2.17. The van der Waals surface area contributed by atoms with Crippen LogP contribution in [0.2, 0.25) is 0 Å². The molecule has 1 aromatic carbocycles. The van der Waals surface area contributed by atoms with E-state index in [0.29, 0.717) is 0 Å². The summed E-state index contributed by atoms with van der Waals surface area (Å²) in [6.07, 6.45) is 5.49. The molecule has 1 atom stereocenters. The molecule has 0 bridgehead atoms. The van der Waals surface area contributed by atoms with Gasteiger partial charge in [0.1, 0.15) is 0 Å². The smallest absolute Gasteiger partial charge is 0.0277 e. The van der Waals surface area contributed by atoms with Crippen molar-refractivity contribution in [3.63, 3.8) is 0 Å². The van der Waals surface area contributed by atoms with Crippen molar-refractivity contribution >= 4 is 27.7 Å². The summed E-state index contributed by atoms with van der Waals surface area (Å²) < 4.78 is 1.15. The van der Waals surface area contributed by atoms with Crippen LogP contribution in [-0.4, -0.2) is 5.25 Å². The Morgan fingerprint density at radius 3 is 2.69 bits per heavy atom. The van der Waals surface area contributed by atoms with Crippen LogP contribution in [0.1, 0.15) is 44.2 Å². The Hall–Kier alpha value is 0.01000. The van der Waals surface area contributed by atoms with Gasteiger partial charge >= 0.3 is 0 Å². The molecule has 1 aromatic rings. The summed E-state index contributed by atoms with van der Waals surface area (Å²) in [4.78, 5) is 1.36. The van der Waals surface area contributed by atoms with Crippen LogP contribution < -0.4 is 5.73 Å². The summed E-state index contributed by atoms with van der Waals surface area (Å²) in [5.41, 5.74) is 7.29. The number of halogens is 1. The van der Waals surface area contributed by atoms with Gasteiger partial charge in [-0.05, 0) is 37.5 Å². The molecule has 1 unspecified atom stereocenters. The fraction of sp³-hybridized carbons (Fsp3) is 0.538. The zero-order chi connectivity index (χ0) is 11.5. The lowest BCUT2D eigenvalue weighted by Gasteiger charge is -2.16. The summed E-state index contributed by atoms with van der Waals surface area (Å²) >= 11 is 5.55. The van der Waals surface area contributed by atoms with E-state index in [1.165, 1.54) is 36.1 Å². The van der Waals surface area contributed by atoms with Crippen LogP contribution in [0, 0.1) is 0 Å². The molecule has 0 radical (unpaired) electrons. The van der Waals surface area contributed by atoms with E-state index in [1.54, 1.807) is 0 Å². The lowest BCUT2D eigenvalue weighted by atomic mass is 10.1. The molecule has 1 aliphatic carbocycles. The van der Waals surface area contributed by atoms with Crippen molar-refractivity contribution < 1.29 is 0 Å². The number of benzene rings is 1. The summed E-state index contributed by atoms with van der Waals surface area (Å²) in [6.45, 7) is 2.06. The molecule has 88 valence electrons. The molecule has 0 spiro atoms. The van der Waals surface area contributed by atoms with Crippen LogP contribution in [0.15, 0.2) is 27.6 Å². The predicted octanol–water partition coefficient (Wildman–Crippen LogP) is 4.50.